The summed E-state index contributed by atoms with van der Waals surface area (Å²) in [7, 11) is 0. The molecule has 1 fully saturated rings. The van der Waals surface area contributed by atoms with Gasteiger partial charge < -0.3 is 4.98 Å². The number of nitrogens with one attached hydrogen (secondary N) is 1. The van der Waals surface area contributed by atoms with E-state index in [-0.39, 0.29) is 5.91 Å². The van der Waals surface area contributed by atoms with Crippen molar-refractivity contribution in [2.45, 2.75) is 6.42 Å². The molecule has 0 bridgehead atoms. The highest BCUT2D eigenvalue weighted by Gasteiger charge is 2.24. The summed E-state index contributed by atoms with van der Waals surface area (Å²) in [5, 5.41) is 1.39. The van der Waals surface area contributed by atoms with Gasteiger partial charge in [0.15, 0.2) is 4.77 Å². The van der Waals surface area contributed by atoms with E-state index in [1.54, 1.807) is 10.8 Å². The first-order valence-corrected chi connectivity index (χ1v) is 6.49. The van der Waals surface area contributed by atoms with E-state index in [0.717, 1.165) is 12.1 Å². The minimum Gasteiger partial charge on any atom is -0.336 e. The number of imidazole rings is 1. The van der Waals surface area contributed by atoms with Gasteiger partial charge in [0.25, 0.3) is 5.91 Å². The van der Waals surface area contributed by atoms with Gasteiger partial charge in [-0.25, -0.2) is 5.06 Å². The number of rotatable bonds is 2. The molecule has 1 amide bonds. The van der Waals surface area contributed by atoms with Gasteiger partial charge in [-0.15, -0.1) is 0 Å². The molecule has 0 unspecified atom stereocenters. The maximum Gasteiger partial charge on any atom is 0.295 e. The van der Waals surface area contributed by atoms with Crippen LogP contribution in [0.15, 0.2) is 36.5 Å². The third kappa shape index (κ3) is 2.20. The van der Waals surface area contributed by atoms with E-state index in [0.29, 0.717) is 23.6 Å². The molecule has 1 saturated heterocycles. The molecule has 1 aliphatic rings. The Balaban J connectivity index is 2.04. The Kier molecular flexibility index (Phi) is 3.18. The summed E-state index contributed by atoms with van der Waals surface area (Å²) in [6.45, 7) is 1.20. The number of H-pyrrole nitrogens is 1. The standard InChI is InChI=1S/C13H13N3O2S/c17-12(15-7-4-8-18-15)11-9-14-13(19)16(11)10-5-2-1-3-6-10/h1-3,5-6,9H,4,7-8H2,(H,14,19). The number of carbonyl (C=O) groups excluding carboxylic acids is 1. The van der Waals surface area contributed by atoms with Gasteiger partial charge in [0.1, 0.15) is 5.69 Å². The summed E-state index contributed by atoms with van der Waals surface area (Å²) in [4.78, 5) is 20.6. The molecule has 5 nitrogen and oxygen atoms in total. The normalized spacial score (nSPS) is 14.8. The molecule has 98 valence electrons. The zero-order valence-corrected chi connectivity index (χ0v) is 11.0. The van der Waals surface area contributed by atoms with Crippen molar-refractivity contribution in [2.24, 2.45) is 0 Å². The van der Waals surface area contributed by atoms with E-state index in [4.69, 9.17) is 17.1 Å². The lowest BCUT2D eigenvalue weighted by Crippen LogP contribution is -2.28. The summed E-state index contributed by atoms with van der Waals surface area (Å²) < 4.78 is 2.22. The smallest absolute Gasteiger partial charge is 0.295 e. The molecule has 2 aromatic rings. The van der Waals surface area contributed by atoms with E-state index in [1.807, 2.05) is 30.3 Å². The van der Waals surface area contributed by atoms with Crippen LogP contribution in [0, 0.1) is 4.77 Å². The highest BCUT2D eigenvalue weighted by molar-refractivity contribution is 7.71. The van der Waals surface area contributed by atoms with Gasteiger partial charge in [0, 0.05) is 11.9 Å². The SMILES string of the molecule is O=C(c1c[nH]c(=S)n1-c1ccccc1)N1CCCO1. The van der Waals surface area contributed by atoms with Crippen LogP contribution in [0.3, 0.4) is 0 Å². The second kappa shape index (κ2) is 4.99. The number of para-hydroxylation sites is 1. The molecule has 1 aromatic heterocycles. The van der Waals surface area contributed by atoms with E-state index in [9.17, 15) is 4.79 Å². The van der Waals surface area contributed by atoms with E-state index in [1.165, 1.54) is 5.06 Å². The van der Waals surface area contributed by atoms with Crippen molar-refractivity contribution in [2.75, 3.05) is 13.2 Å². The molecule has 1 aliphatic heterocycles. The second-order valence-electron chi connectivity index (χ2n) is 4.24. The number of aromatic nitrogens is 2. The van der Waals surface area contributed by atoms with Crippen molar-refractivity contribution in [3.05, 3.63) is 47.0 Å². The number of hydroxylamine groups is 2. The Hall–Kier alpha value is -1.92. The van der Waals surface area contributed by atoms with Gasteiger partial charge in [-0.2, -0.15) is 0 Å². The van der Waals surface area contributed by atoms with Crippen molar-refractivity contribution in [3.8, 4) is 5.69 Å². The lowest BCUT2D eigenvalue weighted by molar-refractivity contribution is -0.0773. The summed E-state index contributed by atoms with van der Waals surface area (Å²) in [6, 6.07) is 9.55. The number of nitrogens with zero attached hydrogens (tertiary/aromatic N) is 2. The van der Waals surface area contributed by atoms with Crippen molar-refractivity contribution in [1.29, 1.82) is 0 Å². The maximum atomic E-state index is 12.4. The average Bonchev–Trinajstić information content (AvgIpc) is 3.08. The molecular formula is C13H13N3O2S. The van der Waals surface area contributed by atoms with E-state index < -0.39 is 0 Å². The molecule has 19 heavy (non-hydrogen) atoms. The molecule has 0 aliphatic carbocycles. The fraction of sp³-hybridized carbons (Fsp3) is 0.231. The highest BCUT2D eigenvalue weighted by atomic mass is 32.1. The third-order valence-electron chi connectivity index (χ3n) is 2.99. The third-order valence-corrected chi connectivity index (χ3v) is 3.29. The van der Waals surface area contributed by atoms with Gasteiger partial charge in [-0.05, 0) is 30.8 Å². The van der Waals surface area contributed by atoms with Gasteiger partial charge in [-0.1, -0.05) is 18.2 Å². The van der Waals surface area contributed by atoms with Crippen LogP contribution in [0.25, 0.3) is 5.69 Å². The molecule has 1 N–H and O–H groups in total. The molecule has 3 rings (SSSR count). The lowest BCUT2D eigenvalue weighted by Gasteiger charge is -2.15. The Morgan fingerprint density at radius 1 is 1.32 bits per heavy atom. The second-order valence-corrected chi connectivity index (χ2v) is 4.63. The number of aromatic amines is 1. The Labute approximate surface area is 115 Å². The van der Waals surface area contributed by atoms with E-state index >= 15 is 0 Å². The maximum absolute atomic E-state index is 12.4. The molecule has 0 atom stereocenters. The number of hydrogen-bond acceptors (Lipinski definition) is 3. The summed E-state index contributed by atoms with van der Waals surface area (Å²) in [5.41, 5.74) is 1.34. The molecule has 0 saturated carbocycles. The number of hydrogen-bond donors (Lipinski definition) is 1. The van der Waals surface area contributed by atoms with Crippen LogP contribution in [0.1, 0.15) is 16.9 Å². The van der Waals surface area contributed by atoms with Crippen LogP contribution in [0.4, 0.5) is 0 Å². The topological polar surface area (TPSA) is 50.3 Å². The minimum atomic E-state index is -0.172. The van der Waals surface area contributed by atoms with Crippen LogP contribution in [-0.4, -0.2) is 33.7 Å². The summed E-state index contributed by atoms with van der Waals surface area (Å²) in [5.74, 6) is -0.172. The number of amides is 1. The zero-order valence-electron chi connectivity index (χ0n) is 10.2. The van der Waals surface area contributed by atoms with Crippen LogP contribution in [0.2, 0.25) is 0 Å². The van der Waals surface area contributed by atoms with Crippen molar-refractivity contribution in [3.63, 3.8) is 0 Å². The van der Waals surface area contributed by atoms with Gasteiger partial charge in [0.2, 0.25) is 0 Å². The van der Waals surface area contributed by atoms with Gasteiger partial charge >= 0.3 is 0 Å². The van der Waals surface area contributed by atoms with Crippen LogP contribution in [0.5, 0.6) is 0 Å². The van der Waals surface area contributed by atoms with Crippen LogP contribution >= 0.6 is 12.2 Å². The Morgan fingerprint density at radius 2 is 2.11 bits per heavy atom. The monoisotopic (exact) mass is 275 g/mol. The largest absolute Gasteiger partial charge is 0.336 e. The first-order chi connectivity index (χ1) is 9.27. The highest BCUT2D eigenvalue weighted by Crippen LogP contribution is 2.16. The zero-order chi connectivity index (χ0) is 13.2. The van der Waals surface area contributed by atoms with Crippen LogP contribution < -0.4 is 0 Å². The number of benzene rings is 1. The quantitative estimate of drug-likeness (QED) is 0.856. The fourth-order valence-electron chi connectivity index (χ4n) is 2.09. The Bertz CT molecular complexity index is 641. The number of carbonyl (C=O) groups is 1. The molecular weight excluding hydrogens is 262 g/mol. The van der Waals surface area contributed by atoms with Gasteiger partial charge in [0.05, 0.1) is 13.2 Å². The molecule has 0 spiro atoms. The van der Waals surface area contributed by atoms with Gasteiger partial charge in [-0.3, -0.25) is 14.2 Å². The fourth-order valence-corrected chi connectivity index (χ4v) is 2.36. The molecule has 1 aromatic carbocycles. The summed E-state index contributed by atoms with van der Waals surface area (Å²) in [6.07, 6.45) is 2.49. The van der Waals surface area contributed by atoms with Crippen molar-refractivity contribution < 1.29 is 9.63 Å². The molecule has 2 heterocycles. The Morgan fingerprint density at radius 3 is 2.79 bits per heavy atom. The first kappa shape index (κ1) is 12.1. The molecule has 6 heteroatoms. The first-order valence-electron chi connectivity index (χ1n) is 6.08. The average molecular weight is 275 g/mol. The minimum absolute atomic E-state index is 0.172. The molecule has 0 radical (unpaired) electrons. The predicted octanol–water partition coefficient (Wildman–Crippen LogP) is 2.31. The predicted molar refractivity (Wildman–Crippen MR) is 72.6 cm³/mol. The van der Waals surface area contributed by atoms with E-state index in [2.05, 4.69) is 4.98 Å². The lowest BCUT2D eigenvalue weighted by atomic mass is 10.3. The van der Waals surface area contributed by atoms with Crippen LogP contribution in [-0.2, 0) is 4.84 Å². The summed E-state index contributed by atoms with van der Waals surface area (Å²) >= 11 is 5.24. The van der Waals surface area contributed by atoms with Crippen molar-refractivity contribution >= 4 is 18.1 Å². The van der Waals surface area contributed by atoms with Crippen molar-refractivity contribution in [1.82, 2.24) is 14.6 Å².